The molecule has 0 bridgehead atoms. The van der Waals surface area contributed by atoms with Gasteiger partial charge in [-0.05, 0) is 44.2 Å². The Morgan fingerprint density at radius 2 is 1.96 bits per heavy atom. The van der Waals surface area contributed by atoms with Crippen LogP contribution in [0.1, 0.15) is 56.7 Å². The molecule has 144 valence electrons. The molecule has 1 saturated carbocycles. The predicted molar refractivity (Wildman–Crippen MR) is 109 cm³/mol. The molecule has 1 aromatic carbocycles. The summed E-state index contributed by atoms with van der Waals surface area (Å²) in [5.74, 6) is 2.79. The molecule has 2 aliphatic rings. The highest BCUT2D eigenvalue weighted by Gasteiger charge is 2.42. The molecule has 0 radical (unpaired) electrons. The second-order valence-corrected chi connectivity index (χ2v) is 7.87. The van der Waals surface area contributed by atoms with Crippen molar-refractivity contribution < 1.29 is 0 Å². The minimum absolute atomic E-state index is 0.198. The number of fused-ring (bicyclic) bond motifs is 1. The number of anilines is 1. The zero-order chi connectivity index (χ0) is 19.0. The maximum absolute atomic E-state index is 4.97. The number of para-hydroxylation sites is 1. The molecule has 0 unspecified atom stereocenters. The molecule has 2 heterocycles. The van der Waals surface area contributed by atoms with Gasteiger partial charge in [-0.2, -0.15) is 0 Å². The van der Waals surface area contributed by atoms with E-state index < -0.39 is 0 Å². The van der Waals surface area contributed by atoms with Crippen LogP contribution in [0.5, 0.6) is 0 Å². The predicted octanol–water partition coefficient (Wildman–Crippen LogP) is 3.31. The average Bonchev–Trinajstić information content (AvgIpc) is 3.38. The van der Waals surface area contributed by atoms with Crippen molar-refractivity contribution in [1.82, 2.24) is 20.1 Å². The van der Waals surface area contributed by atoms with Gasteiger partial charge in [-0.3, -0.25) is 0 Å². The van der Waals surface area contributed by atoms with E-state index in [9.17, 15) is 0 Å². The molecule has 1 aromatic heterocycles. The Morgan fingerprint density at radius 1 is 1.22 bits per heavy atom. The average molecular weight is 367 g/mol. The van der Waals surface area contributed by atoms with E-state index in [4.69, 9.17) is 4.99 Å². The van der Waals surface area contributed by atoms with Crippen molar-refractivity contribution in [3.05, 3.63) is 41.5 Å². The number of hydrogen-bond donors (Lipinski definition) is 1. The van der Waals surface area contributed by atoms with Crippen LogP contribution < -0.4 is 10.2 Å². The van der Waals surface area contributed by atoms with Gasteiger partial charge in [0.2, 0.25) is 0 Å². The molecule has 1 N–H and O–H groups in total. The maximum Gasteiger partial charge on any atom is 0.199 e. The quantitative estimate of drug-likeness (QED) is 0.651. The Kier molecular flexibility index (Phi) is 4.66. The highest BCUT2D eigenvalue weighted by Crippen LogP contribution is 2.45. The van der Waals surface area contributed by atoms with Crippen molar-refractivity contribution in [2.24, 2.45) is 12.0 Å². The summed E-state index contributed by atoms with van der Waals surface area (Å²) in [5, 5.41) is 12.1. The molecule has 1 fully saturated rings. The second kappa shape index (κ2) is 6.98. The van der Waals surface area contributed by atoms with Crippen LogP contribution in [0.2, 0.25) is 0 Å². The fraction of sp³-hybridized carbons (Fsp3) is 0.571. The Hall–Kier alpha value is -2.37. The lowest BCUT2D eigenvalue weighted by atomic mass is 9.78. The van der Waals surface area contributed by atoms with Gasteiger partial charge >= 0.3 is 0 Å². The third kappa shape index (κ3) is 3.22. The maximum atomic E-state index is 4.97. The summed E-state index contributed by atoms with van der Waals surface area (Å²) in [4.78, 5) is 7.36. The van der Waals surface area contributed by atoms with Crippen LogP contribution in [0.15, 0.2) is 29.3 Å². The molecule has 27 heavy (non-hydrogen) atoms. The van der Waals surface area contributed by atoms with Gasteiger partial charge in [0.1, 0.15) is 12.4 Å². The number of benzene rings is 1. The summed E-state index contributed by atoms with van der Waals surface area (Å²) in [5.41, 5.74) is 2.95. The summed E-state index contributed by atoms with van der Waals surface area (Å²) >= 11 is 0. The number of nitrogens with zero attached hydrogens (tertiary/aromatic N) is 5. The minimum Gasteiger partial charge on any atom is -0.353 e. The molecule has 2 aromatic rings. The summed E-state index contributed by atoms with van der Waals surface area (Å²) in [7, 11) is 2.00. The lowest BCUT2D eigenvalue weighted by Crippen LogP contribution is -2.44. The van der Waals surface area contributed by atoms with Gasteiger partial charge in [-0.1, -0.05) is 32.0 Å². The number of nitrogens with one attached hydrogen (secondary N) is 1. The topological polar surface area (TPSA) is 58.3 Å². The van der Waals surface area contributed by atoms with Crippen LogP contribution in [-0.2, 0) is 19.0 Å². The Balaban J connectivity index is 1.68. The molecule has 0 saturated heterocycles. The van der Waals surface area contributed by atoms with Crippen molar-refractivity contribution in [1.29, 1.82) is 0 Å². The smallest absolute Gasteiger partial charge is 0.199 e. The molecular formula is C21H30N6. The third-order valence-electron chi connectivity index (χ3n) is 6.30. The van der Waals surface area contributed by atoms with Gasteiger partial charge in [-0.25, -0.2) is 4.99 Å². The fourth-order valence-corrected chi connectivity index (χ4v) is 4.03. The van der Waals surface area contributed by atoms with Gasteiger partial charge in [0.05, 0.1) is 0 Å². The highest BCUT2D eigenvalue weighted by atomic mass is 15.3. The summed E-state index contributed by atoms with van der Waals surface area (Å²) in [6.07, 6.45) is 4.72. The summed E-state index contributed by atoms with van der Waals surface area (Å²) in [6.45, 7) is 8.09. The number of guanidine groups is 1. The lowest BCUT2D eigenvalue weighted by Gasteiger charge is -2.29. The van der Waals surface area contributed by atoms with Crippen molar-refractivity contribution in [2.75, 3.05) is 11.4 Å². The largest absolute Gasteiger partial charge is 0.353 e. The fourth-order valence-electron chi connectivity index (χ4n) is 4.03. The Morgan fingerprint density at radius 3 is 2.59 bits per heavy atom. The van der Waals surface area contributed by atoms with Crippen molar-refractivity contribution in [3.8, 4) is 0 Å². The zero-order valence-corrected chi connectivity index (χ0v) is 16.9. The number of aliphatic imine (C=N–C) groups is 1. The van der Waals surface area contributed by atoms with Crippen molar-refractivity contribution in [2.45, 2.75) is 64.5 Å². The first-order valence-electron chi connectivity index (χ1n) is 10.1. The number of aromatic nitrogens is 3. The first-order valence-corrected chi connectivity index (χ1v) is 10.1. The standard InChI is InChI=1S/C21H30N6/c1-5-21(6-2)14-27(18-10-8-7-9-17(18)21)20(23-16-11-12-16)22-13-19-25-24-15(3)26(19)4/h7-10,16H,5-6,11-14H2,1-4H3,(H,22,23). The summed E-state index contributed by atoms with van der Waals surface area (Å²) < 4.78 is 2.01. The molecule has 6 nitrogen and oxygen atoms in total. The summed E-state index contributed by atoms with van der Waals surface area (Å²) in [6, 6.07) is 9.38. The Bertz CT molecular complexity index is 844. The van der Waals surface area contributed by atoms with Crippen LogP contribution in [0.3, 0.4) is 0 Å². The molecule has 0 atom stereocenters. The minimum atomic E-state index is 0.198. The van der Waals surface area contributed by atoms with E-state index in [1.165, 1.54) is 24.1 Å². The highest BCUT2D eigenvalue weighted by molar-refractivity contribution is 5.99. The van der Waals surface area contributed by atoms with E-state index in [1.807, 2.05) is 18.5 Å². The molecule has 1 aliphatic carbocycles. The van der Waals surface area contributed by atoms with Gasteiger partial charge in [0.25, 0.3) is 0 Å². The van der Waals surface area contributed by atoms with E-state index in [-0.39, 0.29) is 5.41 Å². The molecule has 1 aliphatic heterocycles. The molecular weight excluding hydrogens is 336 g/mol. The molecule has 0 amide bonds. The van der Waals surface area contributed by atoms with Gasteiger partial charge < -0.3 is 14.8 Å². The zero-order valence-electron chi connectivity index (χ0n) is 16.9. The first kappa shape index (κ1) is 18.0. The second-order valence-electron chi connectivity index (χ2n) is 7.87. The third-order valence-corrected chi connectivity index (χ3v) is 6.30. The number of hydrogen-bond acceptors (Lipinski definition) is 3. The van der Waals surface area contributed by atoms with E-state index >= 15 is 0 Å². The monoisotopic (exact) mass is 366 g/mol. The SMILES string of the molecule is CCC1(CC)CN(C(=NCc2nnc(C)n2C)NC2CC2)c2ccccc21. The molecule has 6 heteroatoms. The van der Waals surface area contributed by atoms with Crippen LogP contribution in [0, 0.1) is 6.92 Å². The first-order chi connectivity index (χ1) is 13.1. The van der Waals surface area contributed by atoms with Crippen LogP contribution in [0.4, 0.5) is 5.69 Å². The van der Waals surface area contributed by atoms with Crippen LogP contribution in [-0.4, -0.2) is 33.3 Å². The van der Waals surface area contributed by atoms with Gasteiger partial charge in [0.15, 0.2) is 11.8 Å². The number of rotatable bonds is 5. The normalized spacial score (nSPS) is 18.7. The van der Waals surface area contributed by atoms with Crippen molar-refractivity contribution in [3.63, 3.8) is 0 Å². The van der Waals surface area contributed by atoms with E-state index in [1.54, 1.807) is 0 Å². The van der Waals surface area contributed by atoms with Crippen molar-refractivity contribution >= 4 is 11.6 Å². The molecule has 4 rings (SSSR count). The van der Waals surface area contributed by atoms with Crippen LogP contribution >= 0.6 is 0 Å². The molecule has 0 spiro atoms. The van der Waals surface area contributed by atoms with Gasteiger partial charge in [0, 0.05) is 30.7 Å². The van der Waals surface area contributed by atoms with E-state index in [2.05, 4.69) is 58.5 Å². The van der Waals surface area contributed by atoms with E-state index in [0.717, 1.165) is 37.0 Å². The lowest BCUT2D eigenvalue weighted by molar-refractivity contribution is 0.428. The Labute approximate surface area is 161 Å². The number of aryl methyl sites for hydroxylation is 1. The van der Waals surface area contributed by atoms with Gasteiger partial charge in [-0.15, -0.1) is 10.2 Å². The van der Waals surface area contributed by atoms with E-state index in [0.29, 0.717) is 12.6 Å². The van der Waals surface area contributed by atoms with Crippen LogP contribution in [0.25, 0.3) is 0 Å².